The number of nitrogens with one attached hydrogen (secondary N) is 1. The van der Waals surface area contributed by atoms with Crippen molar-refractivity contribution >= 4 is 11.6 Å². The number of anilines is 1. The molecule has 1 aromatic rings. The van der Waals surface area contributed by atoms with Crippen LogP contribution in [-0.2, 0) is 11.3 Å². The number of nitrogens with zero attached hydrogens (tertiary/aromatic N) is 1. The number of nitrogens with two attached hydrogens (primary N) is 1. The van der Waals surface area contributed by atoms with Gasteiger partial charge in [0.15, 0.2) is 0 Å². The lowest BCUT2D eigenvalue weighted by molar-refractivity contribution is -0.121. The smallest absolute Gasteiger partial charge is 0.242 e. The van der Waals surface area contributed by atoms with Crippen molar-refractivity contribution in [2.24, 2.45) is 5.73 Å². The molecule has 4 heteroatoms. The molecule has 0 heterocycles. The summed E-state index contributed by atoms with van der Waals surface area (Å²) in [6.07, 6.45) is 0. The van der Waals surface area contributed by atoms with Gasteiger partial charge in [-0.3, -0.25) is 4.79 Å². The van der Waals surface area contributed by atoms with Crippen LogP contribution in [0.5, 0.6) is 0 Å². The summed E-state index contributed by atoms with van der Waals surface area (Å²) in [4.78, 5) is 13.4. The molecule has 16 heavy (non-hydrogen) atoms. The van der Waals surface area contributed by atoms with Crippen LogP contribution >= 0.6 is 0 Å². The molecule has 1 amide bonds. The number of hydrogen-bond acceptors (Lipinski definition) is 3. The molecule has 0 bridgehead atoms. The Morgan fingerprint density at radius 3 is 2.81 bits per heavy atom. The van der Waals surface area contributed by atoms with Gasteiger partial charge in [-0.15, -0.1) is 0 Å². The van der Waals surface area contributed by atoms with E-state index in [0.717, 1.165) is 11.3 Å². The molecule has 4 nitrogen and oxygen atoms in total. The van der Waals surface area contributed by atoms with Gasteiger partial charge in [-0.05, 0) is 24.6 Å². The second-order valence-electron chi connectivity index (χ2n) is 3.78. The van der Waals surface area contributed by atoms with E-state index in [2.05, 4.69) is 5.32 Å². The lowest BCUT2D eigenvalue weighted by Gasteiger charge is -2.25. The zero-order chi connectivity index (χ0) is 12.1. The van der Waals surface area contributed by atoms with Crippen molar-refractivity contribution in [3.8, 4) is 0 Å². The van der Waals surface area contributed by atoms with Crippen molar-refractivity contribution in [2.75, 3.05) is 19.0 Å². The van der Waals surface area contributed by atoms with Crippen molar-refractivity contribution in [2.45, 2.75) is 19.5 Å². The summed E-state index contributed by atoms with van der Waals surface area (Å²) < 4.78 is 0. The Kier molecular flexibility index (Phi) is 4.31. The minimum Gasteiger partial charge on any atom is -0.363 e. The second kappa shape index (κ2) is 5.51. The van der Waals surface area contributed by atoms with Gasteiger partial charge < -0.3 is 16.0 Å². The van der Waals surface area contributed by atoms with E-state index in [1.54, 1.807) is 7.05 Å². The van der Waals surface area contributed by atoms with E-state index in [1.807, 2.05) is 43.1 Å². The van der Waals surface area contributed by atoms with Gasteiger partial charge in [0.25, 0.3) is 0 Å². The molecule has 0 saturated heterocycles. The van der Waals surface area contributed by atoms with Crippen LogP contribution in [-0.4, -0.2) is 26.0 Å². The molecule has 3 N–H and O–H groups in total. The van der Waals surface area contributed by atoms with Gasteiger partial charge >= 0.3 is 0 Å². The molecule has 0 saturated carbocycles. The highest BCUT2D eigenvalue weighted by Gasteiger charge is 2.16. The number of hydrogen-bond donors (Lipinski definition) is 2. The molecule has 0 spiro atoms. The standard InChI is InChI=1S/C12H19N3O/c1-9(12(16)14-2)15(3)11-6-4-5-10(7-11)8-13/h4-7,9H,8,13H2,1-3H3,(H,14,16). The Labute approximate surface area is 96.4 Å². The van der Waals surface area contributed by atoms with Crippen LogP contribution in [0.15, 0.2) is 24.3 Å². The third kappa shape index (κ3) is 2.73. The maximum atomic E-state index is 11.5. The number of carbonyl (C=O) groups excluding carboxylic acids is 1. The zero-order valence-corrected chi connectivity index (χ0v) is 10.0. The van der Waals surface area contributed by atoms with Crippen LogP contribution in [0.1, 0.15) is 12.5 Å². The third-order valence-electron chi connectivity index (χ3n) is 2.76. The van der Waals surface area contributed by atoms with Crippen LogP contribution < -0.4 is 16.0 Å². The van der Waals surface area contributed by atoms with E-state index in [1.165, 1.54) is 0 Å². The highest BCUT2D eigenvalue weighted by Crippen LogP contribution is 2.16. The third-order valence-corrected chi connectivity index (χ3v) is 2.76. The van der Waals surface area contributed by atoms with E-state index in [4.69, 9.17) is 5.73 Å². The fourth-order valence-corrected chi connectivity index (χ4v) is 1.51. The molecule has 1 aromatic carbocycles. The van der Waals surface area contributed by atoms with Crippen LogP contribution in [0.3, 0.4) is 0 Å². The Morgan fingerprint density at radius 2 is 2.25 bits per heavy atom. The van der Waals surface area contributed by atoms with Gasteiger partial charge in [0, 0.05) is 26.3 Å². The average Bonchev–Trinajstić information content (AvgIpc) is 2.36. The zero-order valence-electron chi connectivity index (χ0n) is 10.0. The number of amides is 1. The van der Waals surface area contributed by atoms with Crippen molar-refractivity contribution in [1.82, 2.24) is 5.32 Å². The van der Waals surface area contributed by atoms with Crippen molar-refractivity contribution < 1.29 is 4.79 Å². The molecule has 0 aliphatic carbocycles. The normalized spacial score (nSPS) is 12.0. The average molecular weight is 221 g/mol. The SMILES string of the molecule is CNC(=O)C(C)N(C)c1cccc(CN)c1. The van der Waals surface area contributed by atoms with Crippen LogP contribution in [0.4, 0.5) is 5.69 Å². The number of rotatable bonds is 4. The lowest BCUT2D eigenvalue weighted by Crippen LogP contribution is -2.42. The fraction of sp³-hybridized carbons (Fsp3) is 0.417. The molecule has 0 aliphatic heterocycles. The molecular weight excluding hydrogens is 202 g/mol. The minimum absolute atomic E-state index is 0.000603. The van der Waals surface area contributed by atoms with Gasteiger partial charge in [-0.25, -0.2) is 0 Å². The Hall–Kier alpha value is -1.55. The first-order valence-electron chi connectivity index (χ1n) is 5.33. The van der Waals surface area contributed by atoms with E-state index in [-0.39, 0.29) is 11.9 Å². The fourth-order valence-electron chi connectivity index (χ4n) is 1.51. The summed E-state index contributed by atoms with van der Waals surface area (Å²) in [5.41, 5.74) is 7.65. The Balaban J connectivity index is 2.86. The van der Waals surface area contributed by atoms with Crippen LogP contribution in [0.25, 0.3) is 0 Å². The van der Waals surface area contributed by atoms with Gasteiger partial charge in [0.05, 0.1) is 0 Å². The van der Waals surface area contributed by atoms with Crippen molar-refractivity contribution in [1.29, 1.82) is 0 Å². The first-order chi connectivity index (χ1) is 7.60. The lowest BCUT2D eigenvalue weighted by atomic mass is 10.1. The summed E-state index contributed by atoms with van der Waals surface area (Å²) >= 11 is 0. The van der Waals surface area contributed by atoms with E-state index >= 15 is 0 Å². The number of carbonyl (C=O) groups is 1. The van der Waals surface area contributed by atoms with Crippen molar-refractivity contribution in [3.63, 3.8) is 0 Å². The van der Waals surface area contributed by atoms with E-state index in [9.17, 15) is 4.79 Å². The van der Waals surface area contributed by atoms with Gasteiger partial charge in [0.2, 0.25) is 5.91 Å². The molecule has 0 aliphatic rings. The second-order valence-corrected chi connectivity index (χ2v) is 3.78. The predicted octanol–water partition coefficient (Wildman–Crippen LogP) is 0.716. The van der Waals surface area contributed by atoms with Gasteiger partial charge in [-0.2, -0.15) is 0 Å². The highest BCUT2D eigenvalue weighted by molar-refractivity contribution is 5.84. The summed E-state index contributed by atoms with van der Waals surface area (Å²) in [5.74, 6) is 0.000603. The minimum atomic E-state index is -0.196. The maximum absolute atomic E-state index is 11.5. The summed E-state index contributed by atoms with van der Waals surface area (Å²) in [6.45, 7) is 2.38. The largest absolute Gasteiger partial charge is 0.363 e. The highest BCUT2D eigenvalue weighted by atomic mass is 16.2. The number of benzene rings is 1. The summed E-state index contributed by atoms with van der Waals surface area (Å²) in [6, 6.07) is 7.70. The quantitative estimate of drug-likeness (QED) is 0.787. The predicted molar refractivity (Wildman–Crippen MR) is 66.3 cm³/mol. The molecule has 1 unspecified atom stereocenters. The summed E-state index contributed by atoms with van der Waals surface area (Å²) in [5, 5.41) is 2.64. The molecule has 0 fully saturated rings. The monoisotopic (exact) mass is 221 g/mol. The molecular formula is C12H19N3O. The number of likely N-dealkylation sites (N-methyl/N-ethyl adjacent to an activating group) is 2. The first kappa shape index (κ1) is 12.5. The molecule has 1 rings (SSSR count). The van der Waals surface area contributed by atoms with E-state index < -0.39 is 0 Å². The molecule has 88 valence electrons. The van der Waals surface area contributed by atoms with E-state index in [0.29, 0.717) is 6.54 Å². The first-order valence-corrected chi connectivity index (χ1v) is 5.33. The van der Waals surface area contributed by atoms with Crippen molar-refractivity contribution in [3.05, 3.63) is 29.8 Å². The van der Waals surface area contributed by atoms with Gasteiger partial charge in [-0.1, -0.05) is 12.1 Å². The van der Waals surface area contributed by atoms with Crippen LogP contribution in [0, 0.1) is 0 Å². The molecule has 0 radical (unpaired) electrons. The van der Waals surface area contributed by atoms with Crippen LogP contribution in [0.2, 0.25) is 0 Å². The topological polar surface area (TPSA) is 58.4 Å². The summed E-state index contributed by atoms with van der Waals surface area (Å²) in [7, 11) is 3.54. The Bertz CT molecular complexity index is 365. The molecule has 1 atom stereocenters. The maximum Gasteiger partial charge on any atom is 0.242 e. The molecule has 0 aromatic heterocycles. The Morgan fingerprint density at radius 1 is 1.56 bits per heavy atom. The van der Waals surface area contributed by atoms with Gasteiger partial charge in [0.1, 0.15) is 6.04 Å².